The minimum atomic E-state index is -0.436. The summed E-state index contributed by atoms with van der Waals surface area (Å²) in [7, 11) is 0. The molecule has 1 atom stereocenters. The zero-order valence-corrected chi connectivity index (χ0v) is 9.86. The smallest absolute Gasteiger partial charge is 0.0781 e. The van der Waals surface area contributed by atoms with Crippen molar-refractivity contribution in [3.63, 3.8) is 0 Å². The monoisotopic (exact) mass is 221 g/mol. The van der Waals surface area contributed by atoms with E-state index in [0.29, 0.717) is 0 Å². The zero-order valence-electron chi connectivity index (χ0n) is 9.86. The first-order valence-corrected chi connectivity index (χ1v) is 5.69. The van der Waals surface area contributed by atoms with Crippen LogP contribution in [0, 0.1) is 5.41 Å². The maximum absolute atomic E-state index is 9.64. The van der Waals surface area contributed by atoms with Crippen LogP contribution in [0.5, 0.6) is 0 Å². The Morgan fingerprint density at radius 1 is 1.44 bits per heavy atom. The number of hydrogen-bond acceptors (Lipinski definition) is 3. The van der Waals surface area contributed by atoms with Crippen molar-refractivity contribution in [1.82, 2.24) is 0 Å². The highest BCUT2D eigenvalue weighted by Crippen LogP contribution is 2.28. The minimum Gasteiger partial charge on any atom is -0.389 e. The largest absolute Gasteiger partial charge is 0.389 e. The molecule has 0 radical (unpaired) electrons. The maximum atomic E-state index is 9.64. The van der Waals surface area contributed by atoms with E-state index in [0.717, 1.165) is 31.0 Å². The molecule has 3 heteroatoms. The van der Waals surface area contributed by atoms with Gasteiger partial charge in [0.25, 0.3) is 0 Å². The summed E-state index contributed by atoms with van der Waals surface area (Å²) in [6.45, 7) is 6.51. The number of rotatable bonds is 4. The van der Waals surface area contributed by atoms with Gasteiger partial charge in [0.1, 0.15) is 0 Å². The molecule has 1 aromatic rings. The molecule has 1 aliphatic rings. The summed E-state index contributed by atoms with van der Waals surface area (Å²) >= 11 is 0. The number of aliphatic hydroxyl groups is 1. The molecule has 3 nitrogen and oxygen atoms in total. The summed E-state index contributed by atoms with van der Waals surface area (Å²) in [5.41, 5.74) is 2.21. The normalized spacial score (nSPS) is 19.9. The molecule has 1 heterocycles. The van der Waals surface area contributed by atoms with Gasteiger partial charge in [-0.15, -0.1) is 0 Å². The van der Waals surface area contributed by atoms with Crippen molar-refractivity contribution in [1.29, 1.82) is 0 Å². The SMILES string of the molecule is CC(O)c1ccccc1NCC1(C)COC1. The number of anilines is 1. The molecular weight excluding hydrogens is 202 g/mol. The van der Waals surface area contributed by atoms with Gasteiger partial charge in [-0.2, -0.15) is 0 Å². The second-order valence-electron chi connectivity index (χ2n) is 4.92. The van der Waals surface area contributed by atoms with Crippen LogP contribution in [-0.2, 0) is 4.74 Å². The highest BCUT2D eigenvalue weighted by Gasteiger charge is 2.33. The average molecular weight is 221 g/mol. The van der Waals surface area contributed by atoms with E-state index < -0.39 is 6.10 Å². The Morgan fingerprint density at radius 3 is 2.69 bits per heavy atom. The lowest BCUT2D eigenvalue weighted by Crippen LogP contribution is -2.45. The van der Waals surface area contributed by atoms with E-state index in [4.69, 9.17) is 4.74 Å². The van der Waals surface area contributed by atoms with Crippen LogP contribution in [0.25, 0.3) is 0 Å². The van der Waals surface area contributed by atoms with Gasteiger partial charge in [-0.1, -0.05) is 25.1 Å². The lowest BCUT2D eigenvalue weighted by molar-refractivity contribution is -0.0924. The van der Waals surface area contributed by atoms with Gasteiger partial charge < -0.3 is 15.2 Å². The van der Waals surface area contributed by atoms with Gasteiger partial charge in [-0.3, -0.25) is 0 Å². The lowest BCUT2D eigenvalue weighted by Gasteiger charge is -2.38. The van der Waals surface area contributed by atoms with E-state index in [9.17, 15) is 5.11 Å². The summed E-state index contributed by atoms with van der Waals surface area (Å²) in [5, 5.41) is 13.0. The lowest BCUT2D eigenvalue weighted by atomic mass is 9.88. The number of nitrogens with one attached hydrogen (secondary N) is 1. The van der Waals surface area contributed by atoms with Gasteiger partial charge in [-0.25, -0.2) is 0 Å². The topological polar surface area (TPSA) is 41.5 Å². The van der Waals surface area contributed by atoms with Gasteiger partial charge >= 0.3 is 0 Å². The third-order valence-corrected chi connectivity index (χ3v) is 3.02. The fourth-order valence-electron chi connectivity index (χ4n) is 1.88. The molecule has 88 valence electrons. The van der Waals surface area contributed by atoms with E-state index >= 15 is 0 Å². The predicted octanol–water partition coefficient (Wildman–Crippen LogP) is 2.19. The second kappa shape index (κ2) is 4.44. The maximum Gasteiger partial charge on any atom is 0.0781 e. The summed E-state index contributed by atoms with van der Waals surface area (Å²) in [6, 6.07) is 7.88. The number of aliphatic hydroxyl groups excluding tert-OH is 1. The van der Waals surface area contributed by atoms with Crippen LogP contribution in [0.1, 0.15) is 25.5 Å². The Hall–Kier alpha value is -1.06. The van der Waals surface area contributed by atoms with E-state index in [1.54, 1.807) is 6.92 Å². The molecule has 0 aliphatic carbocycles. The van der Waals surface area contributed by atoms with Crippen LogP contribution in [-0.4, -0.2) is 24.9 Å². The summed E-state index contributed by atoms with van der Waals surface area (Å²) < 4.78 is 5.21. The molecule has 2 rings (SSSR count). The third kappa shape index (κ3) is 2.36. The number of para-hydroxylation sites is 1. The van der Waals surface area contributed by atoms with Crippen LogP contribution >= 0.6 is 0 Å². The fourth-order valence-corrected chi connectivity index (χ4v) is 1.88. The average Bonchev–Trinajstić information content (AvgIpc) is 2.24. The van der Waals surface area contributed by atoms with Crippen molar-refractivity contribution >= 4 is 5.69 Å². The van der Waals surface area contributed by atoms with Crippen molar-refractivity contribution in [2.45, 2.75) is 20.0 Å². The first-order chi connectivity index (χ1) is 7.61. The van der Waals surface area contributed by atoms with Crippen molar-refractivity contribution in [3.05, 3.63) is 29.8 Å². The Bertz CT molecular complexity index is 359. The van der Waals surface area contributed by atoms with Crippen molar-refractivity contribution < 1.29 is 9.84 Å². The molecule has 1 saturated heterocycles. The van der Waals surface area contributed by atoms with Crippen molar-refractivity contribution in [3.8, 4) is 0 Å². The van der Waals surface area contributed by atoms with Gasteiger partial charge in [0.2, 0.25) is 0 Å². The quantitative estimate of drug-likeness (QED) is 0.819. The van der Waals surface area contributed by atoms with E-state index in [1.807, 2.05) is 24.3 Å². The first-order valence-electron chi connectivity index (χ1n) is 5.69. The summed E-state index contributed by atoms with van der Waals surface area (Å²) in [6.07, 6.45) is -0.436. The Kier molecular flexibility index (Phi) is 3.17. The Labute approximate surface area is 96.4 Å². The first kappa shape index (κ1) is 11.4. The number of hydrogen-bond donors (Lipinski definition) is 2. The highest BCUT2D eigenvalue weighted by molar-refractivity contribution is 5.52. The third-order valence-electron chi connectivity index (χ3n) is 3.02. The molecular formula is C13H19NO2. The zero-order chi connectivity index (χ0) is 11.6. The molecule has 0 aromatic heterocycles. The number of ether oxygens (including phenoxy) is 1. The molecule has 1 aromatic carbocycles. The van der Waals surface area contributed by atoms with Crippen LogP contribution in [0.15, 0.2) is 24.3 Å². The molecule has 0 bridgehead atoms. The van der Waals surface area contributed by atoms with Crippen molar-refractivity contribution in [2.75, 3.05) is 25.1 Å². The van der Waals surface area contributed by atoms with Crippen LogP contribution in [0.4, 0.5) is 5.69 Å². The molecule has 0 saturated carbocycles. The van der Waals surface area contributed by atoms with Crippen LogP contribution in [0.2, 0.25) is 0 Å². The summed E-state index contributed by atoms with van der Waals surface area (Å²) in [4.78, 5) is 0. The molecule has 0 spiro atoms. The van der Waals surface area contributed by atoms with Crippen LogP contribution < -0.4 is 5.32 Å². The van der Waals surface area contributed by atoms with E-state index in [2.05, 4.69) is 12.2 Å². The van der Waals surface area contributed by atoms with E-state index in [1.165, 1.54) is 0 Å². The van der Waals surface area contributed by atoms with E-state index in [-0.39, 0.29) is 5.41 Å². The van der Waals surface area contributed by atoms with Crippen molar-refractivity contribution in [2.24, 2.45) is 5.41 Å². The molecule has 1 unspecified atom stereocenters. The highest BCUT2D eigenvalue weighted by atomic mass is 16.5. The summed E-state index contributed by atoms with van der Waals surface area (Å²) in [5.74, 6) is 0. The van der Waals surface area contributed by atoms with Gasteiger partial charge in [0.15, 0.2) is 0 Å². The second-order valence-corrected chi connectivity index (χ2v) is 4.92. The minimum absolute atomic E-state index is 0.242. The predicted molar refractivity (Wildman–Crippen MR) is 64.5 cm³/mol. The van der Waals surface area contributed by atoms with Gasteiger partial charge in [-0.05, 0) is 13.0 Å². The molecule has 16 heavy (non-hydrogen) atoms. The molecule has 1 fully saturated rings. The Morgan fingerprint density at radius 2 is 2.12 bits per heavy atom. The molecule has 2 N–H and O–H groups in total. The molecule has 0 amide bonds. The number of benzene rings is 1. The van der Waals surface area contributed by atoms with Gasteiger partial charge in [0.05, 0.1) is 19.3 Å². The van der Waals surface area contributed by atoms with Crippen LogP contribution in [0.3, 0.4) is 0 Å². The standard InChI is InChI=1S/C13H19NO2/c1-10(15)11-5-3-4-6-12(11)14-7-13(2)8-16-9-13/h3-6,10,14-15H,7-9H2,1-2H3. The Balaban J connectivity index is 2.03. The van der Waals surface area contributed by atoms with Gasteiger partial charge in [0, 0.05) is 23.2 Å². The molecule has 1 aliphatic heterocycles. The fraction of sp³-hybridized carbons (Fsp3) is 0.538.